The molecule has 0 spiro atoms. The number of aromatic nitrogens is 1. The minimum absolute atomic E-state index is 0.0831. The van der Waals surface area contributed by atoms with Gasteiger partial charge in [-0.15, -0.1) is 0 Å². The van der Waals surface area contributed by atoms with E-state index in [0.29, 0.717) is 17.1 Å². The molecule has 2 fully saturated rings. The summed E-state index contributed by atoms with van der Waals surface area (Å²) < 4.78 is 38.1. The minimum Gasteiger partial charge on any atom is -0.312 e. The third kappa shape index (κ3) is 2.76. The molecular weight excluding hydrogens is 313 g/mol. The van der Waals surface area contributed by atoms with Crippen LogP contribution < -0.4 is 5.32 Å². The Morgan fingerprint density at radius 2 is 2.09 bits per heavy atom. The zero-order valence-corrected chi connectivity index (χ0v) is 12.1. The number of nitrogens with one attached hydrogen (secondary N) is 1. The number of hydrogen-bond donors (Lipinski definition) is 1. The van der Waals surface area contributed by atoms with Gasteiger partial charge in [-0.25, -0.2) is 4.79 Å². The number of urea groups is 1. The van der Waals surface area contributed by atoms with Crippen LogP contribution in [0, 0.1) is 0 Å². The second-order valence-electron chi connectivity index (χ2n) is 5.65. The van der Waals surface area contributed by atoms with Crippen molar-refractivity contribution in [1.29, 1.82) is 0 Å². The van der Waals surface area contributed by atoms with Crippen LogP contribution in [-0.2, 0) is 11.2 Å². The summed E-state index contributed by atoms with van der Waals surface area (Å²) in [6, 6.07) is 4.24. The summed E-state index contributed by atoms with van der Waals surface area (Å²) >= 11 is 0. The molecule has 1 aromatic heterocycles. The number of carbonyl (C=O) groups is 2. The summed E-state index contributed by atoms with van der Waals surface area (Å²) in [5, 5.41) is 3.00. The van der Waals surface area contributed by atoms with Crippen LogP contribution in [0.4, 0.5) is 18.0 Å². The summed E-state index contributed by atoms with van der Waals surface area (Å²) in [6.45, 7) is -0.831. The van der Waals surface area contributed by atoms with Gasteiger partial charge in [-0.2, -0.15) is 13.2 Å². The van der Waals surface area contributed by atoms with Gasteiger partial charge < -0.3 is 10.2 Å². The second kappa shape index (κ2) is 5.48. The lowest BCUT2D eigenvalue weighted by molar-refractivity contribution is -0.155. The molecule has 6 nitrogen and oxygen atoms in total. The molecule has 3 rings (SSSR count). The fourth-order valence-corrected chi connectivity index (χ4v) is 3.10. The number of imide groups is 1. The Morgan fingerprint density at radius 1 is 1.30 bits per heavy atom. The second-order valence-corrected chi connectivity index (χ2v) is 5.65. The van der Waals surface area contributed by atoms with Crippen LogP contribution in [0.2, 0.25) is 0 Å². The molecule has 3 amide bonds. The lowest BCUT2D eigenvalue weighted by Gasteiger charge is -2.39. The van der Waals surface area contributed by atoms with Gasteiger partial charge in [0.15, 0.2) is 0 Å². The van der Waals surface area contributed by atoms with E-state index in [2.05, 4.69) is 10.3 Å². The minimum atomic E-state index is -4.63. The van der Waals surface area contributed by atoms with Crippen LogP contribution in [0.5, 0.6) is 0 Å². The number of carbonyl (C=O) groups excluding carboxylic acids is 2. The van der Waals surface area contributed by atoms with Gasteiger partial charge in [0.2, 0.25) is 0 Å². The molecule has 0 aromatic carbocycles. The van der Waals surface area contributed by atoms with E-state index in [1.165, 1.54) is 4.90 Å². The quantitative estimate of drug-likeness (QED) is 0.834. The molecule has 9 heteroatoms. The zero-order valence-electron chi connectivity index (χ0n) is 12.1. The number of alkyl halides is 3. The van der Waals surface area contributed by atoms with Crippen molar-refractivity contribution < 1.29 is 22.8 Å². The standard InChI is InChI=1S/C14H15F3N4O2/c15-14(16,17)9-20-11(22)13(7-10-3-1-2-4-19-10)8-18-5-6-21(13)12(20)23/h1-4,18H,5-9H2/t13-/m0/s1. The molecule has 23 heavy (non-hydrogen) atoms. The molecule has 2 aliphatic rings. The van der Waals surface area contributed by atoms with Crippen LogP contribution in [0.1, 0.15) is 5.69 Å². The summed E-state index contributed by atoms with van der Waals surface area (Å²) in [5.41, 5.74) is -0.786. The first-order chi connectivity index (χ1) is 10.8. The predicted octanol–water partition coefficient (Wildman–Crippen LogP) is 0.793. The van der Waals surface area contributed by atoms with Crippen molar-refractivity contribution in [1.82, 2.24) is 20.1 Å². The number of halogens is 3. The van der Waals surface area contributed by atoms with Crippen molar-refractivity contribution >= 4 is 11.9 Å². The van der Waals surface area contributed by atoms with Gasteiger partial charge in [0, 0.05) is 37.9 Å². The number of hydrogen-bond acceptors (Lipinski definition) is 4. The molecule has 0 radical (unpaired) electrons. The Morgan fingerprint density at radius 3 is 2.74 bits per heavy atom. The van der Waals surface area contributed by atoms with Crippen molar-refractivity contribution in [3.8, 4) is 0 Å². The average Bonchev–Trinajstić information content (AvgIpc) is 2.70. The average molecular weight is 328 g/mol. The summed E-state index contributed by atoms with van der Waals surface area (Å²) in [5.74, 6) is -0.822. The molecular formula is C14H15F3N4O2. The number of amides is 3. The maximum atomic E-state index is 12.7. The lowest BCUT2D eigenvalue weighted by Crippen LogP contribution is -2.63. The van der Waals surface area contributed by atoms with E-state index < -0.39 is 30.2 Å². The first-order valence-corrected chi connectivity index (χ1v) is 7.14. The van der Waals surface area contributed by atoms with Crippen LogP contribution >= 0.6 is 0 Å². The van der Waals surface area contributed by atoms with Gasteiger partial charge in [-0.05, 0) is 12.1 Å². The monoisotopic (exact) mass is 328 g/mol. The fraction of sp³-hybridized carbons (Fsp3) is 0.500. The SMILES string of the molecule is O=C1N(CC(F)(F)F)C(=O)[C@]2(Cc3ccccn3)CNCCN12. The maximum absolute atomic E-state index is 12.7. The number of rotatable bonds is 3. The van der Waals surface area contributed by atoms with Gasteiger partial charge in [0.25, 0.3) is 5.91 Å². The molecule has 124 valence electrons. The maximum Gasteiger partial charge on any atom is 0.406 e. The van der Waals surface area contributed by atoms with Gasteiger partial charge in [-0.1, -0.05) is 6.07 Å². The number of pyridine rings is 1. The smallest absolute Gasteiger partial charge is 0.312 e. The van der Waals surface area contributed by atoms with Crippen molar-refractivity contribution in [2.24, 2.45) is 0 Å². The van der Waals surface area contributed by atoms with E-state index in [4.69, 9.17) is 0 Å². The molecule has 1 N–H and O–H groups in total. The van der Waals surface area contributed by atoms with Gasteiger partial charge in [0.05, 0.1) is 0 Å². The Bertz CT molecular complexity index is 622. The molecule has 0 bridgehead atoms. The fourth-order valence-electron chi connectivity index (χ4n) is 3.10. The van der Waals surface area contributed by atoms with Gasteiger partial charge >= 0.3 is 12.2 Å². The molecule has 0 aliphatic carbocycles. The van der Waals surface area contributed by atoms with Crippen molar-refractivity contribution in [3.63, 3.8) is 0 Å². The van der Waals surface area contributed by atoms with Crippen molar-refractivity contribution in [2.45, 2.75) is 18.1 Å². The largest absolute Gasteiger partial charge is 0.406 e. The molecule has 2 saturated heterocycles. The Hall–Kier alpha value is -2.16. The number of nitrogens with zero attached hydrogens (tertiary/aromatic N) is 3. The summed E-state index contributed by atoms with van der Waals surface area (Å²) in [4.78, 5) is 30.6. The van der Waals surface area contributed by atoms with Crippen LogP contribution in [0.25, 0.3) is 0 Å². The Balaban J connectivity index is 1.95. The van der Waals surface area contributed by atoms with Crippen LogP contribution in [-0.4, -0.2) is 64.6 Å². The topological polar surface area (TPSA) is 65.5 Å². The Kier molecular flexibility index (Phi) is 3.75. The zero-order chi connectivity index (χ0) is 16.7. The molecule has 2 aliphatic heterocycles. The number of fused-ring (bicyclic) bond motifs is 1. The Labute approximate surface area is 130 Å². The van der Waals surface area contributed by atoms with E-state index in [1.54, 1.807) is 24.4 Å². The lowest BCUT2D eigenvalue weighted by atomic mass is 9.89. The van der Waals surface area contributed by atoms with Crippen molar-refractivity contribution in [3.05, 3.63) is 30.1 Å². The molecule has 0 saturated carbocycles. The molecule has 0 unspecified atom stereocenters. The first kappa shape index (κ1) is 15.7. The van der Waals surface area contributed by atoms with E-state index in [-0.39, 0.29) is 19.5 Å². The highest BCUT2D eigenvalue weighted by Crippen LogP contribution is 2.34. The third-order valence-corrected chi connectivity index (χ3v) is 4.09. The molecule has 1 atom stereocenters. The highest BCUT2D eigenvalue weighted by Gasteiger charge is 2.59. The normalized spacial score (nSPS) is 25.0. The van der Waals surface area contributed by atoms with Crippen LogP contribution in [0.3, 0.4) is 0 Å². The number of piperazine rings is 1. The third-order valence-electron chi connectivity index (χ3n) is 4.09. The summed E-state index contributed by atoms with van der Waals surface area (Å²) in [7, 11) is 0. The van der Waals surface area contributed by atoms with Crippen LogP contribution in [0.15, 0.2) is 24.4 Å². The van der Waals surface area contributed by atoms with Crippen molar-refractivity contribution in [2.75, 3.05) is 26.2 Å². The molecule has 1 aromatic rings. The predicted molar refractivity (Wildman–Crippen MR) is 73.4 cm³/mol. The van der Waals surface area contributed by atoms with E-state index in [0.717, 1.165) is 0 Å². The first-order valence-electron chi connectivity index (χ1n) is 7.14. The molecule has 3 heterocycles. The highest BCUT2D eigenvalue weighted by atomic mass is 19.4. The van der Waals surface area contributed by atoms with E-state index >= 15 is 0 Å². The van der Waals surface area contributed by atoms with E-state index in [9.17, 15) is 22.8 Å². The van der Waals surface area contributed by atoms with Gasteiger partial charge in [-0.3, -0.25) is 14.7 Å². The van der Waals surface area contributed by atoms with Gasteiger partial charge in [0.1, 0.15) is 12.1 Å². The van der Waals surface area contributed by atoms with E-state index in [1.807, 2.05) is 0 Å². The summed E-state index contributed by atoms with van der Waals surface area (Å²) in [6.07, 6.45) is -3.00. The highest BCUT2D eigenvalue weighted by molar-refractivity contribution is 6.07.